The van der Waals surface area contributed by atoms with Crippen LogP contribution in [0.2, 0.25) is 5.02 Å². The molecule has 2 bridgehead atoms. The summed E-state index contributed by atoms with van der Waals surface area (Å²) in [5.74, 6) is -2.13. The van der Waals surface area contributed by atoms with Gasteiger partial charge >= 0.3 is 5.97 Å². The molecule has 1 aromatic heterocycles. The van der Waals surface area contributed by atoms with Crippen LogP contribution < -0.4 is 15.4 Å². The minimum absolute atomic E-state index is 0.175. The monoisotopic (exact) mass is 539 g/mol. The number of aryl methyl sites for hydroxylation is 1. The average Bonchev–Trinajstić information content (AvgIpc) is 3.23. The predicted octanol–water partition coefficient (Wildman–Crippen LogP) is 4.57. The Morgan fingerprint density at radius 2 is 1.92 bits per heavy atom. The second kappa shape index (κ2) is 12.8. The molecule has 3 atom stereocenters. The van der Waals surface area contributed by atoms with Crippen molar-refractivity contribution in [1.29, 1.82) is 0 Å². The number of fused-ring (bicyclic) bond motifs is 5. The maximum atomic E-state index is 13.4. The van der Waals surface area contributed by atoms with Crippen LogP contribution in [0.15, 0.2) is 54.7 Å². The topological polar surface area (TPSA) is 110 Å². The number of benzene rings is 2. The van der Waals surface area contributed by atoms with Crippen molar-refractivity contribution in [1.82, 2.24) is 15.2 Å². The van der Waals surface area contributed by atoms with Crippen LogP contribution in [0, 0.1) is 5.92 Å². The zero-order chi connectivity index (χ0) is 27.1. The third-order valence-corrected chi connectivity index (χ3v) is 7.11. The second-order valence-corrected chi connectivity index (χ2v) is 10.3. The molecule has 3 aromatic rings. The van der Waals surface area contributed by atoms with E-state index in [1.807, 2.05) is 18.2 Å². The van der Waals surface area contributed by atoms with Gasteiger partial charge in [-0.2, -0.15) is 0 Å². The summed E-state index contributed by atoms with van der Waals surface area (Å²) in [5.41, 5.74) is 2.07. The van der Waals surface area contributed by atoms with Crippen LogP contribution in [-0.2, 0) is 27.3 Å². The summed E-state index contributed by atoms with van der Waals surface area (Å²) in [7, 11) is 0. The Labute approximate surface area is 227 Å². The van der Waals surface area contributed by atoms with Gasteiger partial charge in [-0.1, -0.05) is 29.8 Å². The Kier molecular flexibility index (Phi) is 9.29. The number of para-hydroxylation sites is 1. The van der Waals surface area contributed by atoms with Crippen molar-refractivity contribution >= 4 is 40.3 Å². The maximum Gasteiger partial charge on any atom is 0.304 e. The molecule has 2 aromatic carbocycles. The van der Waals surface area contributed by atoms with Crippen LogP contribution in [0.3, 0.4) is 0 Å². The maximum absolute atomic E-state index is 13.4. The molecule has 1 aliphatic heterocycles. The molecule has 0 radical (unpaired) electrons. The number of hydrogen-bond donors (Lipinski definition) is 3. The zero-order valence-electron chi connectivity index (χ0n) is 21.5. The van der Waals surface area contributed by atoms with E-state index < -0.39 is 29.9 Å². The number of nitrogens with zero attached hydrogens (tertiary/aromatic N) is 1. The fourth-order valence-electron chi connectivity index (χ4n) is 5.00. The average molecular weight is 540 g/mol. The van der Waals surface area contributed by atoms with Crippen molar-refractivity contribution < 1.29 is 24.2 Å². The molecule has 0 aliphatic carbocycles. The van der Waals surface area contributed by atoms with E-state index in [1.54, 1.807) is 31.2 Å². The highest BCUT2D eigenvalue weighted by Crippen LogP contribution is 2.25. The molecule has 1 aliphatic rings. The summed E-state index contributed by atoms with van der Waals surface area (Å²) in [6, 6.07) is 14.1. The van der Waals surface area contributed by atoms with Gasteiger partial charge in [0.05, 0.1) is 18.4 Å². The molecule has 4 rings (SSSR count). The summed E-state index contributed by atoms with van der Waals surface area (Å²) in [6.45, 7) is 3.20. The van der Waals surface area contributed by atoms with Crippen LogP contribution >= 0.6 is 11.6 Å². The molecule has 2 heterocycles. The standard InChI is InChI=1S/C29H34ClN3O5/c1-19(38-23-11-9-22(30)10-12-23)15-20(17-27(34)35)28(36)32-25-16-21-18-33(26-8-4-3-7-24(21)26)14-6-2-5-13-31-29(25)37/h3-4,7-12,18-20,25H,2,5-6,13-17H2,1H3,(H,31,37)(H,32,36)(H,34,35)/t19?,20-,25+/m1/s1. The number of carbonyl (C=O) groups is 3. The molecular formula is C29H34ClN3O5. The third kappa shape index (κ3) is 7.28. The van der Waals surface area contributed by atoms with E-state index in [2.05, 4.69) is 27.5 Å². The molecular weight excluding hydrogens is 506 g/mol. The van der Waals surface area contributed by atoms with Crippen molar-refractivity contribution in [2.45, 2.75) is 64.1 Å². The number of amides is 2. The van der Waals surface area contributed by atoms with Crippen LogP contribution in [0.25, 0.3) is 10.9 Å². The first kappa shape index (κ1) is 27.5. The lowest BCUT2D eigenvalue weighted by Gasteiger charge is -2.24. The van der Waals surface area contributed by atoms with Gasteiger partial charge in [-0.3, -0.25) is 14.4 Å². The van der Waals surface area contributed by atoms with Crippen molar-refractivity contribution in [3.05, 3.63) is 65.3 Å². The number of hydrogen-bond acceptors (Lipinski definition) is 4. The predicted molar refractivity (Wildman–Crippen MR) is 146 cm³/mol. The number of rotatable bonds is 8. The van der Waals surface area contributed by atoms with Gasteiger partial charge in [0.2, 0.25) is 11.8 Å². The fourth-order valence-corrected chi connectivity index (χ4v) is 5.12. The highest BCUT2D eigenvalue weighted by molar-refractivity contribution is 6.30. The quantitative estimate of drug-likeness (QED) is 0.388. The van der Waals surface area contributed by atoms with Gasteiger partial charge in [0.25, 0.3) is 0 Å². The lowest BCUT2D eigenvalue weighted by atomic mass is 9.96. The number of carboxylic acid groups (broad SMARTS) is 1. The van der Waals surface area contributed by atoms with Gasteiger partial charge in [0.15, 0.2) is 0 Å². The second-order valence-electron chi connectivity index (χ2n) is 9.89. The number of ether oxygens (including phenoxy) is 1. The van der Waals surface area contributed by atoms with Gasteiger partial charge in [0.1, 0.15) is 11.8 Å². The Balaban J connectivity index is 1.52. The first-order chi connectivity index (χ1) is 18.3. The molecule has 0 spiro atoms. The molecule has 3 N–H and O–H groups in total. The van der Waals surface area contributed by atoms with Crippen molar-refractivity contribution in [2.24, 2.45) is 5.92 Å². The molecule has 0 fully saturated rings. The van der Waals surface area contributed by atoms with E-state index in [4.69, 9.17) is 16.3 Å². The molecule has 8 nitrogen and oxygen atoms in total. The highest BCUT2D eigenvalue weighted by atomic mass is 35.5. The molecule has 0 saturated carbocycles. The van der Waals surface area contributed by atoms with Gasteiger partial charge in [-0.25, -0.2) is 0 Å². The normalized spacial score (nSPS) is 17.9. The van der Waals surface area contributed by atoms with Crippen molar-refractivity contribution in [3.8, 4) is 5.75 Å². The number of nitrogens with one attached hydrogen (secondary N) is 2. The van der Waals surface area contributed by atoms with Crippen LogP contribution in [0.1, 0.15) is 44.6 Å². The smallest absolute Gasteiger partial charge is 0.304 e. The Bertz CT molecular complexity index is 1270. The molecule has 202 valence electrons. The lowest BCUT2D eigenvalue weighted by molar-refractivity contribution is -0.142. The van der Waals surface area contributed by atoms with E-state index >= 15 is 0 Å². The minimum atomic E-state index is -1.09. The van der Waals surface area contributed by atoms with E-state index in [1.165, 1.54) is 0 Å². The zero-order valence-corrected chi connectivity index (χ0v) is 22.2. The van der Waals surface area contributed by atoms with E-state index in [0.29, 0.717) is 23.7 Å². The molecule has 9 heteroatoms. The molecule has 1 unspecified atom stereocenters. The number of halogens is 1. The number of carboxylic acids is 1. The Morgan fingerprint density at radius 3 is 2.68 bits per heavy atom. The summed E-state index contributed by atoms with van der Waals surface area (Å²) in [4.78, 5) is 38.2. The molecule has 2 amide bonds. The summed E-state index contributed by atoms with van der Waals surface area (Å²) in [6.07, 6.45) is 4.58. The SMILES string of the molecule is CC(C[C@H](CC(=O)O)C(=O)N[C@H]1Cc2cn(c3ccccc23)CCCCCNC1=O)Oc1ccc(Cl)cc1. The van der Waals surface area contributed by atoms with Crippen LogP contribution in [0.5, 0.6) is 5.75 Å². The Hall–Kier alpha value is -3.52. The fraction of sp³-hybridized carbons (Fsp3) is 0.414. The van der Waals surface area contributed by atoms with Crippen molar-refractivity contribution in [3.63, 3.8) is 0 Å². The van der Waals surface area contributed by atoms with E-state index in [9.17, 15) is 19.5 Å². The van der Waals surface area contributed by atoms with Crippen LogP contribution in [0.4, 0.5) is 0 Å². The highest BCUT2D eigenvalue weighted by Gasteiger charge is 2.30. The number of aromatic nitrogens is 1. The summed E-state index contributed by atoms with van der Waals surface area (Å²) >= 11 is 5.93. The van der Waals surface area contributed by atoms with Crippen LogP contribution in [-0.4, -0.2) is 46.1 Å². The Morgan fingerprint density at radius 1 is 1.16 bits per heavy atom. The molecule has 38 heavy (non-hydrogen) atoms. The van der Waals surface area contributed by atoms with E-state index in [0.717, 1.165) is 42.3 Å². The third-order valence-electron chi connectivity index (χ3n) is 6.86. The van der Waals surface area contributed by atoms with Gasteiger partial charge in [0, 0.05) is 41.6 Å². The lowest BCUT2D eigenvalue weighted by Crippen LogP contribution is -2.50. The summed E-state index contributed by atoms with van der Waals surface area (Å²) < 4.78 is 8.10. The van der Waals surface area contributed by atoms with E-state index in [-0.39, 0.29) is 18.7 Å². The van der Waals surface area contributed by atoms with Gasteiger partial charge in [-0.15, -0.1) is 0 Å². The largest absolute Gasteiger partial charge is 0.491 e. The first-order valence-electron chi connectivity index (χ1n) is 13.1. The minimum Gasteiger partial charge on any atom is -0.491 e. The first-order valence-corrected chi connectivity index (χ1v) is 13.5. The number of carbonyl (C=O) groups excluding carboxylic acids is 2. The molecule has 0 saturated heterocycles. The number of aliphatic carboxylic acids is 1. The van der Waals surface area contributed by atoms with Gasteiger partial charge < -0.3 is 25.0 Å². The van der Waals surface area contributed by atoms with Gasteiger partial charge in [-0.05, 0) is 68.5 Å². The summed E-state index contributed by atoms with van der Waals surface area (Å²) in [5, 5.41) is 16.9. The van der Waals surface area contributed by atoms with Crippen molar-refractivity contribution in [2.75, 3.05) is 6.54 Å².